The van der Waals surface area contributed by atoms with Crippen LogP contribution in [0.15, 0.2) is 39.0 Å². The molecule has 0 spiro atoms. The number of aromatic amines is 1. The summed E-state index contributed by atoms with van der Waals surface area (Å²) in [7, 11) is 0. The maximum absolute atomic E-state index is 13.8. The number of aromatic nitrogens is 2. The Hall–Kier alpha value is -3.74. The van der Waals surface area contributed by atoms with E-state index in [1.165, 1.54) is 18.3 Å². The zero-order valence-electron chi connectivity index (χ0n) is 20.7. The first-order valence-corrected chi connectivity index (χ1v) is 11.4. The van der Waals surface area contributed by atoms with Crippen molar-refractivity contribution in [1.29, 1.82) is 0 Å². The largest absolute Gasteiger partial charge is 0.417 e. The Morgan fingerprint density at radius 1 is 1.22 bits per heavy atom. The van der Waals surface area contributed by atoms with E-state index >= 15 is 0 Å². The van der Waals surface area contributed by atoms with Crippen LogP contribution in [0.25, 0.3) is 11.4 Å². The van der Waals surface area contributed by atoms with Crippen LogP contribution in [0.1, 0.15) is 51.4 Å². The van der Waals surface area contributed by atoms with Crippen LogP contribution >= 0.6 is 0 Å². The van der Waals surface area contributed by atoms with Crippen molar-refractivity contribution in [2.75, 3.05) is 6.54 Å². The molecule has 1 amide bonds. The quantitative estimate of drug-likeness (QED) is 0.608. The Morgan fingerprint density at radius 2 is 1.94 bits per heavy atom. The Morgan fingerprint density at radius 3 is 2.53 bits per heavy atom. The summed E-state index contributed by atoms with van der Waals surface area (Å²) in [6.45, 7) is 9.64. The molecule has 0 saturated carbocycles. The van der Waals surface area contributed by atoms with Gasteiger partial charge in [0.25, 0.3) is 5.56 Å². The molecule has 0 fully saturated rings. The lowest BCUT2D eigenvalue weighted by Gasteiger charge is -2.16. The molecule has 1 aliphatic rings. The number of hydrogen-bond donors (Lipinski definition) is 2. The molecule has 10 heteroatoms. The molecule has 3 rings (SSSR count). The lowest BCUT2D eigenvalue weighted by molar-refractivity contribution is -0.137. The lowest BCUT2D eigenvalue weighted by atomic mass is 9.97. The highest BCUT2D eigenvalue weighted by Crippen LogP contribution is 2.36. The molecule has 36 heavy (non-hydrogen) atoms. The number of carbonyl (C=O) groups excluding carboxylic acids is 1. The Bertz CT molecular complexity index is 1320. The number of alkyl halides is 3. The predicted molar refractivity (Wildman–Crippen MR) is 133 cm³/mol. The van der Waals surface area contributed by atoms with Crippen molar-refractivity contribution in [3.05, 3.63) is 51.4 Å². The van der Waals surface area contributed by atoms with Crippen molar-refractivity contribution in [2.45, 2.75) is 53.4 Å². The monoisotopic (exact) mass is 499 g/mol. The van der Waals surface area contributed by atoms with Gasteiger partial charge in [0.2, 0.25) is 5.91 Å². The first-order valence-electron chi connectivity index (χ1n) is 11.4. The molecule has 7 nitrogen and oxygen atoms in total. The number of rotatable bonds is 5. The average Bonchev–Trinajstić information content (AvgIpc) is 2.79. The summed E-state index contributed by atoms with van der Waals surface area (Å²) >= 11 is 0. The fourth-order valence-corrected chi connectivity index (χ4v) is 3.22. The summed E-state index contributed by atoms with van der Waals surface area (Å²) in [5.74, 6) is 5.38. The molecule has 1 atom stereocenters. The van der Waals surface area contributed by atoms with Gasteiger partial charge < -0.3 is 10.3 Å². The molecule has 2 aromatic rings. The van der Waals surface area contributed by atoms with Crippen LogP contribution in [0.3, 0.4) is 0 Å². The van der Waals surface area contributed by atoms with E-state index in [4.69, 9.17) is 0 Å². The third-order valence-electron chi connectivity index (χ3n) is 5.06. The molecule has 0 aliphatic carbocycles. The summed E-state index contributed by atoms with van der Waals surface area (Å²) < 4.78 is 41.4. The zero-order valence-corrected chi connectivity index (χ0v) is 20.7. The van der Waals surface area contributed by atoms with Gasteiger partial charge in [-0.15, -0.1) is 0 Å². The van der Waals surface area contributed by atoms with Gasteiger partial charge in [0.05, 0.1) is 24.0 Å². The molecule has 0 saturated heterocycles. The minimum Gasteiger partial charge on any atom is -0.352 e. The number of H-pyrrole nitrogens is 1. The van der Waals surface area contributed by atoms with Gasteiger partial charge in [0.15, 0.2) is 0 Å². The van der Waals surface area contributed by atoms with Gasteiger partial charge in [-0.3, -0.25) is 19.6 Å². The second-order valence-electron chi connectivity index (χ2n) is 9.77. The number of halogens is 3. The minimum atomic E-state index is -4.69. The third kappa shape index (κ3) is 7.13. The fourth-order valence-electron chi connectivity index (χ4n) is 3.22. The van der Waals surface area contributed by atoms with Gasteiger partial charge in [-0.05, 0) is 38.5 Å². The van der Waals surface area contributed by atoms with Crippen molar-refractivity contribution < 1.29 is 18.0 Å². The SMILES string of the molecule is CC(C)C(=O)NCc1ccc(C(F)(F)F)c(-c2nc(C3=NCC(C#CC(C)(C)C)N=C3)cc(=O)[nH]2)c1. The third-order valence-corrected chi connectivity index (χ3v) is 5.06. The van der Waals surface area contributed by atoms with E-state index in [2.05, 4.69) is 37.1 Å². The van der Waals surface area contributed by atoms with Crippen LogP contribution in [-0.2, 0) is 17.5 Å². The molecule has 1 unspecified atom stereocenters. The van der Waals surface area contributed by atoms with Crippen LogP contribution < -0.4 is 10.9 Å². The predicted octanol–water partition coefficient (Wildman–Crippen LogP) is 4.02. The Labute approximate surface area is 207 Å². The molecule has 2 heterocycles. The van der Waals surface area contributed by atoms with Gasteiger partial charge in [-0.25, -0.2) is 4.98 Å². The van der Waals surface area contributed by atoms with Crippen LogP contribution in [0, 0.1) is 23.2 Å². The van der Waals surface area contributed by atoms with Gasteiger partial charge in [0.1, 0.15) is 17.6 Å². The number of hydrogen-bond acceptors (Lipinski definition) is 5. The van der Waals surface area contributed by atoms with E-state index in [1.807, 2.05) is 20.8 Å². The van der Waals surface area contributed by atoms with Crippen molar-refractivity contribution >= 4 is 17.8 Å². The van der Waals surface area contributed by atoms with Crippen LogP contribution in [0.4, 0.5) is 13.2 Å². The summed E-state index contributed by atoms with van der Waals surface area (Å²) in [5, 5.41) is 2.67. The number of nitrogens with zero attached hydrogens (tertiary/aromatic N) is 3. The Kier molecular flexibility index (Phi) is 7.82. The van der Waals surface area contributed by atoms with Crippen molar-refractivity contribution in [1.82, 2.24) is 15.3 Å². The molecule has 1 aliphatic heterocycles. The van der Waals surface area contributed by atoms with E-state index in [-0.39, 0.29) is 59.2 Å². The second-order valence-corrected chi connectivity index (χ2v) is 9.77. The summed E-state index contributed by atoms with van der Waals surface area (Å²) in [6.07, 6.45) is -3.26. The lowest BCUT2D eigenvalue weighted by Crippen LogP contribution is -2.27. The number of carbonyl (C=O) groups is 1. The highest BCUT2D eigenvalue weighted by Gasteiger charge is 2.34. The molecular formula is C26H28F3N5O2. The molecule has 190 valence electrons. The molecule has 0 bridgehead atoms. The maximum atomic E-state index is 13.8. The second kappa shape index (κ2) is 10.5. The zero-order chi connectivity index (χ0) is 26.7. The van der Waals surface area contributed by atoms with E-state index in [9.17, 15) is 22.8 Å². The average molecular weight is 500 g/mol. The fraction of sp³-hybridized carbons (Fsp3) is 0.423. The standard InChI is InChI=1S/C26H28F3N5O2/c1-15(2)24(36)32-12-16-6-7-19(26(27,28)29)18(10-16)23-33-20(11-22(35)34-23)21-14-30-17(13-31-21)8-9-25(3,4)5/h6-7,10-11,14-15,17H,12-13H2,1-5H3,(H,32,36)(H,33,34,35). The van der Waals surface area contributed by atoms with E-state index in [0.29, 0.717) is 5.56 Å². The van der Waals surface area contributed by atoms with Crippen molar-refractivity contribution in [2.24, 2.45) is 21.3 Å². The maximum Gasteiger partial charge on any atom is 0.417 e. The number of nitrogens with one attached hydrogen (secondary N) is 2. The normalized spacial score (nSPS) is 15.8. The number of amides is 1. The van der Waals surface area contributed by atoms with Crippen LogP contribution in [0.5, 0.6) is 0 Å². The van der Waals surface area contributed by atoms with Crippen LogP contribution in [0.2, 0.25) is 0 Å². The Balaban J connectivity index is 1.97. The highest BCUT2D eigenvalue weighted by molar-refractivity contribution is 6.38. The molecule has 2 N–H and O–H groups in total. The smallest absolute Gasteiger partial charge is 0.352 e. The van der Waals surface area contributed by atoms with Gasteiger partial charge in [-0.2, -0.15) is 13.2 Å². The van der Waals surface area contributed by atoms with Gasteiger partial charge in [-0.1, -0.05) is 31.8 Å². The topological polar surface area (TPSA) is 99.6 Å². The molecular weight excluding hydrogens is 471 g/mol. The number of aliphatic imine (C=N–C) groups is 2. The number of benzene rings is 1. The highest BCUT2D eigenvalue weighted by atomic mass is 19.4. The summed E-state index contributed by atoms with van der Waals surface area (Å²) in [6, 6.07) is 4.28. The summed E-state index contributed by atoms with van der Waals surface area (Å²) in [5.41, 5.74) is -1.27. The first kappa shape index (κ1) is 26.9. The van der Waals surface area contributed by atoms with Crippen LogP contribution in [-0.4, -0.2) is 40.4 Å². The van der Waals surface area contributed by atoms with E-state index < -0.39 is 17.3 Å². The van der Waals surface area contributed by atoms with E-state index in [0.717, 1.165) is 12.1 Å². The first-order chi connectivity index (χ1) is 16.7. The van der Waals surface area contributed by atoms with Gasteiger partial charge >= 0.3 is 6.18 Å². The molecule has 1 aromatic heterocycles. The molecule has 0 radical (unpaired) electrons. The summed E-state index contributed by atoms with van der Waals surface area (Å²) in [4.78, 5) is 39.7. The minimum absolute atomic E-state index is 0.0302. The van der Waals surface area contributed by atoms with Crippen molar-refractivity contribution in [3.8, 4) is 23.2 Å². The van der Waals surface area contributed by atoms with Gasteiger partial charge in [0, 0.05) is 29.5 Å². The molecule has 1 aromatic carbocycles. The van der Waals surface area contributed by atoms with Crippen molar-refractivity contribution in [3.63, 3.8) is 0 Å². The van der Waals surface area contributed by atoms with E-state index in [1.54, 1.807) is 13.8 Å².